The molecule has 0 saturated heterocycles. The van der Waals surface area contributed by atoms with Gasteiger partial charge in [-0.2, -0.15) is 0 Å². The van der Waals surface area contributed by atoms with E-state index in [-0.39, 0.29) is 0 Å². The van der Waals surface area contributed by atoms with Crippen LogP contribution in [0, 0.1) is 0 Å². The summed E-state index contributed by atoms with van der Waals surface area (Å²) >= 11 is 9.38. The minimum Gasteiger partial charge on any atom is -0.237 e. The maximum absolute atomic E-state index is 5.04. The monoisotopic (exact) mass is 284 g/mol. The summed E-state index contributed by atoms with van der Waals surface area (Å²) in [5.41, 5.74) is 0. The highest BCUT2D eigenvalue weighted by Gasteiger charge is 1.94. The summed E-state index contributed by atoms with van der Waals surface area (Å²) in [5, 5.41) is 0. The van der Waals surface area contributed by atoms with Crippen LogP contribution in [-0.2, 0) is 10.9 Å². The second kappa shape index (κ2) is 13.0. The SMILES string of the molecule is CCCSOSSOSSOS. The molecule has 0 atom stereocenters. The van der Waals surface area contributed by atoms with Crippen molar-refractivity contribution in [1.82, 2.24) is 0 Å². The zero-order valence-corrected chi connectivity index (χ0v) is 11.1. The van der Waals surface area contributed by atoms with E-state index >= 15 is 0 Å². The van der Waals surface area contributed by atoms with Crippen molar-refractivity contribution in [2.24, 2.45) is 0 Å². The van der Waals surface area contributed by atoms with Crippen LogP contribution < -0.4 is 0 Å². The first-order valence-corrected chi connectivity index (χ1v) is 8.12. The van der Waals surface area contributed by atoms with E-state index in [0.717, 1.165) is 45.4 Å². The van der Waals surface area contributed by atoms with Crippen molar-refractivity contribution < 1.29 is 10.9 Å². The standard InChI is InChI=1S/C3H8O3S6/c1-2-3-8-5-10-12-6-11-9-4-7/h7H,2-3H2,1H3. The van der Waals surface area contributed by atoms with Gasteiger partial charge in [0.25, 0.3) is 0 Å². The molecule has 0 aliphatic carbocycles. The highest BCUT2D eigenvalue weighted by atomic mass is 33.2. The maximum atomic E-state index is 5.04. The molecule has 0 spiro atoms. The summed E-state index contributed by atoms with van der Waals surface area (Å²) < 4.78 is 14.3. The largest absolute Gasteiger partial charge is 0.237 e. The fourth-order valence-corrected chi connectivity index (χ4v) is 3.26. The van der Waals surface area contributed by atoms with E-state index in [1.165, 1.54) is 23.1 Å². The predicted octanol–water partition coefficient (Wildman–Crippen LogP) is 4.36. The van der Waals surface area contributed by atoms with Crippen LogP contribution in [0.4, 0.5) is 0 Å². The topological polar surface area (TPSA) is 27.7 Å². The van der Waals surface area contributed by atoms with Crippen molar-refractivity contribution in [3.8, 4) is 0 Å². The van der Waals surface area contributed by atoms with Gasteiger partial charge in [-0.15, -0.1) is 0 Å². The lowest BCUT2D eigenvalue weighted by atomic mass is 10.6. The second-order valence-electron chi connectivity index (χ2n) is 1.30. The van der Waals surface area contributed by atoms with E-state index in [2.05, 4.69) is 23.5 Å². The van der Waals surface area contributed by atoms with Gasteiger partial charge >= 0.3 is 0 Å². The van der Waals surface area contributed by atoms with Gasteiger partial charge < -0.3 is 0 Å². The minimum atomic E-state index is 0.995. The minimum absolute atomic E-state index is 0.995. The third-order valence-corrected chi connectivity index (χ3v) is 4.87. The summed E-state index contributed by atoms with van der Waals surface area (Å²) in [6.07, 6.45) is 1.11. The average molecular weight is 284 g/mol. The Morgan fingerprint density at radius 1 is 1.08 bits per heavy atom. The molecular weight excluding hydrogens is 276 g/mol. The van der Waals surface area contributed by atoms with Gasteiger partial charge in [-0.05, 0) is 19.3 Å². The van der Waals surface area contributed by atoms with Gasteiger partial charge in [0.15, 0.2) is 0 Å². The number of rotatable bonds is 9. The molecule has 9 heteroatoms. The highest BCUT2D eigenvalue weighted by molar-refractivity contribution is 8.80. The molecular formula is C3H8O3S6. The van der Waals surface area contributed by atoms with Crippen molar-refractivity contribution >= 4 is 69.3 Å². The van der Waals surface area contributed by atoms with Crippen LogP contribution in [0.25, 0.3) is 0 Å². The van der Waals surface area contributed by atoms with Gasteiger partial charge in [0.05, 0.1) is 0 Å². The number of hydrogen-bond donors (Lipinski definition) is 1. The molecule has 0 aromatic rings. The zero-order valence-electron chi connectivity index (χ0n) is 6.13. The summed E-state index contributed by atoms with van der Waals surface area (Å²) in [4.78, 5) is 0. The quantitative estimate of drug-likeness (QED) is 0.289. The molecule has 0 radical (unpaired) electrons. The zero-order chi connectivity index (χ0) is 9.07. The van der Waals surface area contributed by atoms with Crippen LogP contribution in [-0.4, -0.2) is 5.75 Å². The lowest BCUT2D eigenvalue weighted by molar-refractivity contribution is 0.749. The summed E-state index contributed by atoms with van der Waals surface area (Å²) in [6, 6.07) is 0. The molecule has 0 bridgehead atoms. The Kier molecular flexibility index (Phi) is 15.1. The van der Waals surface area contributed by atoms with Crippen LogP contribution in [0.1, 0.15) is 13.3 Å². The Bertz CT molecular complexity index is 74.4. The Hall–Kier alpha value is 1.98. The first kappa shape index (κ1) is 14.0. The van der Waals surface area contributed by atoms with Crippen LogP contribution in [0.5, 0.6) is 0 Å². The molecule has 0 N–H and O–H groups in total. The van der Waals surface area contributed by atoms with Crippen molar-refractivity contribution in [2.75, 3.05) is 5.75 Å². The van der Waals surface area contributed by atoms with E-state index in [1.54, 1.807) is 0 Å². The summed E-state index contributed by atoms with van der Waals surface area (Å²) in [5.74, 6) is 0.995. The third-order valence-electron chi connectivity index (χ3n) is 0.505. The van der Waals surface area contributed by atoms with Gasteiger partial charge in [-0.1, -0.05) is 6.92 Å². The molecule has 0 aliphatic rings. The van der Waals surface area contributed by atoms with E-state index in [0.29, 0.717) is 0 Å². The van der Waals surface area contributed by atoms with Gasteiger partial charge in [0, 0.05) is 17.8 Å². The Morgan fingerprint density at radius 3 is 2.42 bits per heavy atom. The summed E-state index contributed by atoms with van der Waals surface area (Å²) in [7, 11) is 0. The maximum Gasteiger partial charge on any atom is 0.110 e. The number of hydrogen-bond acceptors (Lipinski definition) is 9. The third kappa shape index (κ3) is 12.0. The van der Waals surface area contributed by atoms with E-state index in [9.17, 15) is 0 Å². The van der Waals surface area contributed by atoms with Gasteiger partial charge in [-0.25, -0.2) is 10.9 Å². The van der Waals surface area contributed by atoms with Crippen LogP contribution in [0.2, 0.25) is 0 Å². The Balaban J connectivity index is 2.73. The fourth-order valence-electron chi connectivity index (χ4n) is 0.195. The molecule has 0 fully saturated rings. The molecule has 0 aromatic heterocycles. The van der Waals surface area contributed by atoms with Crippen molar-refractivity contribution in [3.05, 3.63) is 0 Å². The van der Waals surface area contributed by atoms with E-state index in [4.69, 9.17) is 7.26 Å². The molecule has 12 heavy (non-hydrogen) atoms. The highest BCUT2D eigenvalue weighted by Crippen LogP contribution is 2.37. The smallest absolute Gasteiger partial charge is 0.110 e. The van der Waals surface area contributed by atoms with Gasteiger partial charge in [-0.3, -0.25) is 0 Å². The van der Waals surface area contributed by atoms with E-state index in [1.807, 2.05) is 0 Å². The van der Waals surface area contributed by atoms with Crippen LogP contribution in [0.15, 0.2) is 0 Å². The van der Waals surface area contributed by atoms with Crippen molar-refractivity contribution in [2.45, 2.75) is 13.3 Å². The van der Waals surface area contributed by atoms with Crippen LogP contribution >= 0.6 is 69.3 Å². The normalized spacial score (nSPS) is 10.5. The number of thiol groups is 1. The molecule has 0 saturated carbocycles. The fraction of sp³-hybridized carbons (Fsp3) is 1.00. The van der Waals surface area contributed by atoms with Gasteiger partial charge in [0.1, 0.15) is 44.3 Å². The van der Waals surface area contributed by atoms with Crippen LogP contribution in [0.3, 0.4) is 0 Å². The molecule has 74 valence electrons. The summed E-state index contributed by atoms with van der Waals surface area (Å²) in [6.45, 7) is 2.10. The molecule has 3 nitrogen and oxygen atoms in total. The molecule has 0 rings (SSSR count). The molecule has 0 amide bonds. The molecule has 0 unspecified atom stereocenters. The first-order valence-electron chi connectivity index (χ1n) is 2.85. The van der Waals surface area contributed by atoms with Crippen molar-refractivity contribution in [1.29, 1.82) is 0 Å². The Labute approximate surface area is 98.6 Å². The predicted molar refractivity (Wildman–Crippen MR) is 65.4 cm³/mol. The van der Waals surface area contributed by atoms with E-state index < -0.39 is 0 Å². The molecule has 0 aromatic carbocycles. The first-order chi connectivity index (χ1) is 5.91. The average Bonchev–Trinajstić information content (AvgIpc) is 2.10. The second-order valence-corrected chi connectivity index (χ2v) is 5.81. The Morgan fingerprint density at radius 2 is 1.75 bits per heavy atom. The lowest BCUT2D eigenvalue weighted by Crippen LogP contribution is -1.70. The molecule has 0 aliphatic heterocycles. The lowest BCUT2D eigenvalue weighted by Gasteiger charge is -1.97. The van der Waals surface area contributed by atoms with Gasteiger partial charge in [0.2, 0.25) is 0 Å². The van der Waals surface area contributed by atoms with Crippen molar-refractivity contribution in [3.63, 3.8) is 0 Å². The molecule has 0 heterocycles.